The molecule has 1 aliphatic heterocycles. The molecule has 0 atom stereocenters. The number of carboxylic acids is 1. The van der Waals surface area contributed by atoms with Crippen molar-refractivity contribution in [1.29, 1.82) is 5.26 Å². The summed E-state index contributed by atoms with van der Waals surface area (Å²) in [6.45, 7) is 4.35. The van der Waals surface area contributed by atoms with Gasteiger partial charge in [0, 0.05) is 6.54 Å². The highest BCUT2D eigenvalue weighted by atomic mass is 16.4. The molecule has 0 aromatic heterocycles. The maximum Gasteiger partial charge on any atom is 0.309 e. The summed E-state index contributed by atoms with van der Waals surface area (Å²) in [6, 6.07) is 9.75. The van der Waals surface area contributed by atoms with E-state index >= 15 is 0 Å². The minimum atomic E-state index is -0.661. The monoisotopic (exact) mass is 272 g/mol. The minimum absolute atomic E-state index is 0.537. The standard InChI is InChI=1S/C16H20N2O2/c1-2-16(15(19)20)6-8-18(9-7-16)12-14-5-3-4-13(10-14)11-17/h3-5,10H,2,6-9,12H2,1H3,(H,19,20). The van der Waals surface area contributed by atoms with E-state index in [0.29, 0.717) is 24.8 Å². The van der Waals surface area contributed by atoms with Crippen molar-refractivity contribution in [2.45, 2.75) is 32.7 Å². The summed E-state index contributed by atoms with van der Waals surface area (Å²) < 4.78 is 0. The van der Waals surface area contributed by atoms with Crippen molar-refractivity contribution in [3.8, 4) is 6.07 Å². The van der Waals surface area contributed by atoms with Crippen LogP contribution in [0, 0.1) is 16.7 Å². The van der Waals surface area contributed by atoms with E-state index in [0.717, 1.165) is 25.2 Å². The van der Waals surface area contributed by atoms with E-state index in [-0.39, 0.29) is 0 Å². The van der Waals surface area contributed by atoms with Gasteiger partial charge in [-0.05, 0) is 50.0 Å². The second-order valence-electron chi connectivity index (χ2n) is 5.53. The number of carboxylic acid groups (broad SMARTS) is 1. The minimum Gasteiger partial charge on any atom is -0.481 e. The summed E-state index contributed by atoms with van der Waals surface area (Å²) in [7, 11) is 0. The molecule has 0 bridgehead atoms. The Bertz CT molecular complexity index is 526. The van der Waals surface area contributed by atoms with Gasteiger partial charge in [0.15, 0.2) is 0 Å². The molecule has 1 N–H and O–H groups in total. The van der Waals surface area contributed by atoms with Gasteiger partial charge in [0.1, 0.15) is 0 Å². The molecule has 0 saturated carbocycles. The van der Waals surface area contributed by atoms with Crippen molar-refractivity contribution in [2.75, 3.05) is 13.1 Å². The largest absolute Gasteiger partial charge is 0.481 e. The molecule has 1 aromatic rings. The average molecular weight is 272 g/mol. The molecule has 1 saturated heterocycles. The molecule has 1 aliphatic rings. The Labute approximate surface area is 119 Å². The van der Waals surface area contributed by atoms with Crippen LogP contribution in [0.4, 0.5) is 0 Å². The maximum absolute atomic E-state index is 11.4. The van der Waals surface area contributed by atoms with Gasteiger partial charge in [0.05, 0.1) is 17.0 Å². The number of nitrogens with zero attached hydrogens (tertiary/aromatic N) is 2. The van der Waals surface area contributed by atoms with Gasteiger partial charge < -0.3 is 5.11 Å². The van der Waals surface area contributed by atoms with Crippen LogP contribution in [0.15, 0.2) is 24.3 Å². The van der Waals surface area contributed by atoms with Gasteiger partial charge in [0.25, 0.3) is 0 Å². The van der Waals surface area contributed by atoms with Crippen LogP contribution in [0.3, 0.4) is 0 Å². The fourth-order valence-corrected chi connectivity index (χ4v) is 2.86. The molecule has 0 spiro atoms. The lowest BCUT2D eigenvalue weighted by Crippen LogP contribution is -2.43. The van der Waals surface area contributed by atoms with Gasteiger partial charge in [-0.2, -0.15) is 5.26 Å². The molecule has 0 radical (unpaired) electrons. The number of piperidine rings is 1. The molecule has 2 rings (SSSR count). The summed E-state index contributed by atoms with van der Waals surface area (Å²) in [4.78, 5) is 13.7. The SMILES string of the molecule is CCC1(C(=O)O)CCN(Cc2cccc(C#N)c2)CC1. The van der Waals surface area contributed by atoms with Crippen LogP contribution < -0.4 is 0 Å². The van der Waals surface area contributed by atoms with Crippen molar-refractivity contribution >= 4 is 5.97 Å². The average Bonchev–Trinajstić information content (AvgIpc) is 2.48. The van der Waals surface area contributed by atoms with Crippen LogP contribution >= 0.6 is 0 Å². The first-order valence-electron chi connectivity index (χ1n) is 7.04. The van der Waals surface area contributed by atoms with Gasteiger partial charge in [-0.15, -0.1) is 0 Å². The Morgan fingerprint density at radius 3 is 2.70 bits per heavy atom. The summed E-state index contributed by atoms with van der Waals surface area (Å²) in [5.74, 6) is -0.661. The second kappa shape index (κ2) is 6.06. The number of hydrogen-bond acceptors (Lipinski definition) is 3. The van der Waals surface area contributed by atoms with E-state index in [4.69, 9.17) is 5.26 Å². The fraction of sp³-hybridized carbons (Fsp3) is 0.500. The Morgan fingerprint density at radius 1 is 1.45 bits per heavy atom. The number of nitriles is 1. The van der Waals surface area contributed by atoms with E-state index in [9.17, 15) is 9.90 Å². The summed E-state index contributed by atoms with van der Waals surface area (Å²) >= 11 is 0. The van der Waals surface area contributed by atoms with E-state index < -0.39 is 11.4 Å². The molecule has 1 aromatic carbocycles. The highest BCUT2D eigenvalue weighted by Gasteiger charge is 2.39. The second-order valence-corrected chi connectivity index (χ2v) is 5.53. The molecule has 0 aliphatic carbocycles. The third-order valence-electron chi connectivity index (χ3n) is 4.41. The third kappa shape index (κ3) is 3.00. The van der Waals surface area contributed by atoms with Gasteiger partial charge in [0.2, 0.25) is 0 Å². The summed E-state index contributed by atoms with van der Waals surface area (Å²) in [5, 5.41) is 18.3. The topological polar surface area (TPSA) is 64.3 Å². The van der Waals surface area contributed by atoms with Crippen LogP contribution in [-0.2, 0) is 11.3 Å². The zero-order chi connectivity index (χ0) is 14.6. The first-order chi connectivity index (χ1) is 9.59. The molecular weight excluding hydrogens is 252 g/mol. The zero-order valence-electron chi connectivity index (χ0n) is 11.8. The Hall–Kier alpha value is -1.86. The van der Waals surface area contributed by atoms with Gasteiger partial charge in [-0.25, -0.2) is 0 Å². The number of rotatable bonds is 4. The van der Waals surface area contributed by atoms with Crippen molar-refractivity contribution in [3.63, 3.8) is 0 Å². The molecule has 0 amide bonds. The normalized spacial score (nSPS) is 18.4. The smallest absolute Gasteiger partial charge is 0.309 e. The molecule has 20 heavy (non-hydrogen) atoms. The van der Waals surface area contributed by atoms with Crippen LogP contribution in [0.1, 0.15) is 37.3 Å². The van der Waals surface area contributed by atoms with Gasteiger partial charge in [-0.1, -0.05) is 19.1 Å². The van der Waals surface area contributed by atoms with Crippen molar-refractivity contribution < 1.29 is 9.90 Å². The van der Waals surface area contributed by atoms with Crippen LogP contribution in [0.5, 0.6) is 0 Å². The highest BCUT2D eigenvalue weighted by Crippen LogP contribution is 2.35. The number of carbonyl (C=O) groups is 1. The molecule has 1 heterocycles. The van der Waals surface area contributed by atoms with E-state index in [2.05, 4.69) is 11.0 Å². The first kappa shape index (κ1) is 14.5. The van der Waals surface area contributed by atoms with Gasteiger partial charge >= 0.3 is 5.97 Å². The quantitative estimate of drug-likeness (QED) is 0.915. The van der Waals surface area contributed by atoms with E-state index in [1.54, 1.807) is 6.07 Å². The third-order valence-corrected chi connectivity index (χ3v) is 4.41. The summed E-state index contributed by atoms with van der Waals surface area (Å²) in [5.41, 5.74) is 1.25. The maximum atomic E-state index is 11.4. The predicted molar refractivity (Wildman–Crippen MR) is 76.0 cm³/mol. The van der Waals surface area contributed by atoms with Gasteiger partial charge in [-0.3, -0.25) is 9.69 Å². The van der Waals surface area contributed by atoms with Crippen molar-refractivity contribution in [3.05, 3.63) is 35.4 Å². The Kier molecular flexibility index (Phi) is 4.41. The van der Waals surface area contributed by atoms with E-state index in [1.807, 2.05) is 25.1 Å². The molecule has 1 fully saturated rings. The van der Waals surface area contributed by atoms with Crippen molar-refractivity contribution in [1.82, 2.24) is 4.90 Å². The highest BCUT2D eigenvalue weighted by molar-refractivity contribution is 5.74. The first-order valence-corrected chi connectivity index (χ1v) is 7.04. The molecular formula is C16H20N2O2. The molecule has 106 valence electrons. The fourth-order valence-electron chi connectivity index (χ4n) is 2.86. The number of likely N-dealkylation sites (tertiary alicyclic amines) is 1. The summed E-state index contributed by atoms with van der Waals surface area (Å²) in [6.07, 6.45) is 2.10. The molecule has 4 heteroatoms. The zero-order valence-corrected chi connectivity index (χ0v) is 11.8. The molecule has 0 unspecified atom stereocenters. The number of benzene rings is 1. The van der Waals surface area contributed by atoms with E-state index in [1.165, 1.54) is 0 Å². The Morgan fingerprint density at radius 2 is 2.15 bits per heavy atom. The predicted octanol–water partition coefficient (Wildman–Crippen LogP) is 2.64. The van der Waals surface area contributed by atoms with Crippen LogP contribution in [-0.4, -0.2) is 29.1 Å². The lowest BCUT2D eigenvalue weighted by atomic mass is 9.76. The van der Waals surface area contributed by atoms with Crippen LogP contribution in [0.25, 0.3) is 0 Å². The lowest BCUT2D eigenvalue weighted by Gasteiger charge is -2.38. The van der Waals surface area contributed by atoms with Crippen molar-refractivity contribution in [2.24, 2.45) is 5.41 Å². The van der Waals surface area contributed by atoms with Crippen LogP contribution in [0.2, 0.25) is 0 Å². The lowest BCUT2D eigenvalue weighted by molar-refractivity contribution is -0.152. The number of hydrogen-bond donors (Lipinski definition) is 1. The molecule has 4 nitrogen and oxygen atoms in total. The number of aliphatic carboxylic acids is 1. The Balaban J connectivity index is 1.98.